The predicted molar refractivity (Wildman–Crippen MR) is 71.2 cm³/mol. The van der Waals surface area contributed by atoms with Crippen LogP contribution in [0, 0.1) is 17.2 Å². The first-order chi connectivity index (χ1) is 8.43. The van der Waals surface area contributed by atoms with Crippen LogP contribution in [0.4, 0.5) is 0 Å². The number of rotatable bonds is 6. The third-order valence-corrected chi connectivity index (χ3v) is 3.87. The molecule has 0 aliphatic carbocycles. The van der Waals surface area contributed by atoms with E-state index in [1.807, 2.05) is 19.9 Å². The molecule has 4 nitrogen and oxygen atoms in total. The lowest BCUT2D eigenvalue weighted by molar-refractivity contribution is 0.561. The van der Waals surface area contributed by atoms with E-state index in [9.17, 15) is 8.42 Å². The first-order valence-electron chi connectivity index (χ1n) is 5.89. The van der Waals surface area contributed by atoms with Gasteiger partial charge in [-0.05, 0) is 30.0 Å². The molecule has 0 bridgehead atoms. The van der Waals surface area contributed by atoms with Crippen LogP contribution in [-0.4, -0.2) is 14.2 Å². The summed E-state index contributed by atoms with van der Waals surface area (Å²) in [5, 5.41) is 8.75. The molecule has 0 aliphatic heterocycles. The Morgan fingerprint density at radius 3 is 2.72 bits per heavy atom. The molecule has 0 amide bonds. The maximum atomic E-state index is 11.7. The fraction of sp³-hybridized carbons (Fsp3) is 0.462. The lowest BCUT2D eigenvalue weighted by atomic mass is 10.1. The molecule has 0 atom stereocenters. The van der Waals surface area contributed by atoms with E-state index in [0.717, 1.165) is 5.56 Å². The molecule has 0 spiro atoms. The van der Waals surface area contributed by atoms with Gasteiger partial charge in [0.2, 0.25) is 10.0 Å². The van der Waals surface area contributed by atoms with Crippen LogP contribution in [0.5, 0.6) is 0 Å². The Kier molecular flexibility index (Phi) is 5.32. The Morgan fingerprint density at radius 2 is 2.11 bits per heavy atom. The van der Waals surface area contributed by atoms with E-state index in [0.29, 0.717) is 17.9 Å². The van der Waals surface area contributed by atoms with Crippen molar-refractivity contribution in [3.63, 3.8) is 0 Å². The molecule has 1 rings (SSSR count). The second kappa shape index (κ2) is 6.53. The summed E-state index contributed by atoms with van der Waals surface area (Å²) in [7, 11) is -3.23. The third kappa shape index (κ3) is 5.30. The van der Waals surface area contributed by atoms with Crippen LogP contribution in [0.25, 0.3) is 0 Å². The average molecular weight is 266 g/mol. The van der Waals surface area contributed by atoms with Gasteiger partial charge < -0.3 is 0 Å². The minimum Gasteiger partial charge on any atom is -0.212 e. The van der Waals surface area contributed by atoms with E-state index in [4.69, 9.17) is 5.26 Å². The molecule has 0 aliphatic rings. The highest BCUT2D eigenvalue weighted by Crippen LogP contribution is 2.06. The highest BCUT2D eigenvalue weighted by Gasteiger charge is 2.10. The molecule has 0 unspecified atom stereocenters. The van der Waals surface area contributed by atoms with Gasteiger partial charge in [-0.3, -0.25) is 0 Å². The van der Waals surface area contributed by atoms with Gasteiger partial charge in [-0.15, -0.1) is 0 Å². The van der Waals surface area contributed by atoms with Gasteiger partial charge in [-0.1, -0.05) is 26.0 Å². The third-order valence-electron chi connectivity index (χ3n) is 2.52. The Bertz CT molecular complexity index is 530. The molecular weight excluding hydrogens is 248 g/mol. The van der Waals surface area contributed by atoms with E-state index >= 15 is 0 Å². The zero-order valence-electron chi connectivity index (χ0n) is 10.7. The summed E-state index contributed by atoms with van der Waals surface area (Å²) in [5.41, 5.74) is 1.33. The number of sulfonamides is 1. The summed E-state index contributed by atoms with van der Waals surface area (Å²) >= 11 is 0. The molecule has 1 aromatic carbocycles. The molecular formula is C13H18N2O2S. The lowest BCUT2D eigenvalue weighted by Gasteiger charge is -2.08. The number of nitriles is 1. The summed E-state index contributed by atoms with van der Waals surface area (Å²) in [6.45, 7) is 4.22. The average Bonchev–Trinajstić information content (AvgIpc) is 2.35. The lowest BCUT2D eigenvalue weighted by Crippen LogP contribution is -2.26. The van der Waals surface area contributed by atoms with Crippen LogP contribution in [-0.2, 0) is 16.6 Å². The van der Waals surface area contributed by atoms with Crippen LogP contribution in [0.15, 0.2) is 24.3 Å². The second-order valence-corrected chi connectivity index (χ2v) is 6.56. The van der Waals surface area contributed by atoms with Crippen LogP contribution < -0.4 is 4.72 Å². The second-order valence-electron chi connectivity index (χ2n) is 4.63. The first kappa shape index (κ1) is 14.7. The zero-order valence-corrected chi connectivity index (χ0v) is 11.5. The zero-order chi connectivity index (χ0) is 13.6. The van der Waals surface area contributed by atoms with E-state index in [-0.39, 0.29) is 12.3 Å². The van der Waals surface area contributed by atoms with Gasteiger partial charge in [0, 0.05) is 6.54 Å². The smallest absolute Gasteiger partial charge is 0.211 e. The van der Waals surface area contributed by atoms with Gasteiger partial charge in [-0.2, -0.15) is 5.26 Å². The van der Waals surface area contributed by atoms with E-state index in [1.54, 1.807) is 24.3 Å². The summed E-state index contributed by atoms with van der Waals surface area (Å²) in [5.74, 6) is 0.506. The SMILES string of the molecule is CC(C)CCS(=O)(=O)NCc1cccc(C#N)c1. The summed E-state index contributed by atoms with van der Waals surface area (Å²) in [6, 6.07) is 8.95. The van der Waals surface area contributed by atoms with Crippen molar-refractivity contribution < 1.29 is 8.42 Å². The molecule has 0 saturated heterocycles. The van der Waals surface area contributed by atoms with Crippen molar-refractivity contribution in [3.8, 4) is 6.07 Å². The maximum absolute atomic E-state index is 11.7. The minimum absolute atomic E-state index is 0.141. The highest BCUT2D eigenvalue weighted by molar-refractivity contribution is 7.89. The molecule has 1 N–H and O–H groups in total. The topological polar surface area (TPSA) is 70.0 Å². The van der Waals surface area contributed by atoms with Crippen molar-refractivity contribution in [2.24, 2.45) is 5.92 Å². The van der Waals surface area contributed by atoms with Crippen molar-refractivity contribution in [3.05, 3.63) is 35.4 Å². The Hall–Kier alpha value is -1.38. The predicted octanol–water partition coefficient (Wildman–Crippen LogP) is 2.02. The molecule has 0 aromatic heterocycles. The Balaban J connectivity index is 2.56. The molecule has 0 saturated carbocycles. The van der Waals surface area contributed by atoms with Crippen molar-refractivity contribution >= 4 is 10.0 Å². The number of nitrogens with one attached hydrogen (secondary N) is 1. The number of nitrogens with zero attached hydrogens (tertiary/aromatic N) is 1. The van der Waals surface area contributed by atoms with E-state index in [1.165, 1.54) is 0 Å². The number of benzene rings is 1. The molecule has 1 aromatic rings. The normalized spacial score (nSPS) is 11.4. The molecule has 0 radical (unpaired) electrons. The van der Waals surface area contributed by atoms with Crippen LogP contribution in [0.3, 0.4) is 0 Å². The fourth-order valence-corrected chi connectivity index (χ4v) is 2.72. The largest absolute Gasteiger partial charge is 0.212 e. The minimum atomic E-state index is -3.23. The monoisotopic (exact) mass is 266 g/mol. The Labute approximate surface area is 109 Å². The number of hydrogen-bond donors (Lipinski definition) is 1. The van der Waals surface area contributed by atoms with E-state index in [2.05, 4.69) is 4.72 Å². The van der Waals surface area contributed by atoms with Crippen LogP contribution >= 0.6 is 0 Å². The van der Waals surface area contributed by atoms with E-state index < -0.39 is 10.0 Å². The standard InChI is InChI=1S/C13H18N2O2S/c1-11(2)6-7-18(16,17)15-10-13-5-3-4-12(8-13)9-14/h3-5,8,11,15H,6-7,10H2,1-2H3. The fourth-order valence-electron chi connectivity index (χ4n) is 1.41. The van der Waals surface area contributed by atoms with Gasteiger partial charge in [0.25, 0.3) is 0 Å². The summed E-state index contributed by atoms with van der Waals surface area (Å²) < 4.78 is 25.9. The van der Waals surface area contributed by atoms with Crippen LogP contribution in [0.2, 0.25) is 0 Å². The molecule has 0 fully saturated rings. The van der Waals surface area contributed by atoms with Crippen molar-refractivity contribution in [1.82, 2.24) is 4.72 Å². The van der Waals surface area contributed by atoms with Crippen molar-refractivity contribution in [1.29, 1.82) is 5.26 Å². The van der Waals surface area contributed by atoms with Gasteiger partial charge in [-0.25, -0.2) is 13.1 Å². The molecule has 98 valence electrons. The first-order valence-corrected chi connectivity index (χ1v) is 7.54. The Morgan fingerprint density at radius 1 is 1.39 bits per heavy atom. The van der Waals surface area contributed by atoms with Gasteiger partial charge in [0.15, 0.2) is 0 Å². The number of hydrogen-bond acceptors (Lipinski definition) is 3. The quantitative estimate of drug-likeness (QED) is 0.856. The maximum Gasteiger partial charge on any atom is 0.211 e. The van der Waals surface area contributed by atoms with Gasteiger partial charge in [0.05, 0.1) is 17.4 Å². The van der Waals surface area contributed by atoms with Crippen LogP contribution in [0.1, 0.15) is 31.4 Å². The molecule has 5 heteroatoms. The molecule has 0 heterocycles. The van der Waals surface area contributed by atoms with Crippen molar-refractivity contribution in [2.45, 2.75) is 26.8 Å². The summed E-state index contributed by atoms with van der Waals surface area (Å²) in [6.07, 6.45) is 0.646. The van der Waals surface area contributed by atoms with Gasteiger partial charge in [0.1, 0.15) is 0 Å². The van der Waals surface area contributed by atoms with Crippen molar-refractivity contribution in [2.75, 3.05) is 5.75 Å². The van der Waals surface area contributed by atoms with Gasteiger partial charge >= 0.3 is 0 Å². The highest BCUT2D eigenvalue weighted by atomic mass is 32.2. The molecule has 18 heavy (non-hydrogen) atoms. The summed E-state index contributed by atoms with van der Waals surface area (Å²) in [4.78, 5) is 0.